The summed E-state index contributed by atoms with van der Waals surface area (Å²) in [6.45, 7) is 7.97. The van der Waals surface area contributed by atoms with Crippen LogP contribution in [0.15, 0.2) is 31.9 Å². The zero-order valence-corrected chi connectivity index (χ0v) is 17.5. The maximum absolute atomic E-state index is 11.7. The third-order valence-corrected chi connectivity index (χ3v) is 4.76. The van der Waals surface area contributed by atoms with E-state index in [0.29, 0.717) is 12.8 Å². The number of hydrogen-bond donors (Lipinski definition) is 1. The van der Waals surface area contributed by atoms with Gasteiger partial charge in [-0.1, -0.05) is 59.6 Å². The van der Waals surface area contributed by atoms with Gasteiger partial charge in [0.1, 0.15) is 0 Å². The van der Waals surface area contributed by atoms with Gasteiger partial charge in [0.25, 0.3) is 5.56 Å². The van der Waals surface area contributed by atoms with Crippen LogP contribution in [-0.4, -0.2) is 10.2 Å². The predicted molar refractivity (Wildman–Crippen MR) is 104 cm³/mol. The van der Waals surface area contributed by atoms with Gasteiger partial charge in [-0.3, -0.25) is 4.79 Å². The number of halogens is 2. The lowest BCUT2D eigenvalue weighted by Crippen LogP contribution is -2.17. The van der Waals surface area contributed by atoms with Gasteiger partial charge in [-0.2, -0.15) is 10.4 Å². The Kier molecular flexibility index (Phi) is 8.37. The van der Waals surface area contributed by atoms with Crippen molar-refractivity contribution in [1.82, 2.24) is 10.2 Å². The second-order valence-corrected chi connectivity index (χ2v) is 7.06. The molecule has 0 aliphatic rings. The molecule has 0 amide bonds. The number of rotatable bonds is 4. The quantitative estimate of drug-likeness (QED) is 0.698. The van der Waals surface area contributed by atoms with Crippen molar-refractivity contribution in [1.29, 1.82) is 5.26 Å². The summed E-state index contributed by atoms with van der Waals surface area (Å²) < 4.78 is 1.84. The third kappa shape index (κ3) is 5.29. The van der Waals surface area contributed by atoms with Gasteiger partial charge in [0.15, 0.2) is 0 Å². The fraction of sp³-hybridized carbons (Fsp3) is 0.389. The van der Waals surface area contributed by atoms with Crippen LogP contribution < -0.4 is 5.56 Å². The summed E-state index contributed by atoms with van der Waals surface area (Å²) >= 11 is 7.10. The van der Waals surface area contributed by atoms with E-state index in [0.717, 1.165) is 31.3 Å². The summed E-state index contributed by atoms with van der Waals surface area (Å²) in [7, 11) is 0. The van der Waals surface area contributed by atoms with Gasteiger partial charge in [0, 0.05) is 20.9 Å². The summed E-state index contributed by atoms with van der Waals surface area (Å²) in [5, 5.41) is 15.5. The van der Waals surface area contributed by atoms with Gasteiger partial charge in [0.2, 0.25) is 0 Å². The maximum Gasteiger partial charge on any atom is 0.267 e. The Labute approximate surface area is 159 Å². The molecule has 0 saturated carbocycles. The molecule has 0 aliphatic heterocycles. The third-order valence-electron chi connectivity index (χ3n) is 3.35. The second-order valence-electron chi connectivity index (χ2n) is 5.35. The minimum absolute atomic E-state index is 0.138. The topological polar surface area (TPSA) is 69.5 Å². The highest BCUT2D eigenvalue weighted by Crippen LogP contribution is 2.29. The minimum Gasteiger partial charge on any atom is -0.268 e. The number of H-pyrrole nitrogens is 1. The number of nitrogens with one attached hydrogen (secondary N) is 1. The van der Waals surface area contributed by atoms with Crippen LogP contribution >= 0.6 is 31.9 Å². The molecule has 0 aliphatic carbocycles. The monoisotopic (exact) mass is 453 g/mol. The molecule has 2 aromatic rings. The van der Waals surface area contributed by atoms with Gasteiger partial charge >= 0.3 is 0 Å². The van der Waals surface area contributed by atoms with Crippen LogP contribution in [0.5, 0.6) is 0 Å². The van der Waals surface area contributed by atoms with Crippen molar-refractivity contribution in [3.8, 4) is 6.07 Å². The summed E-state index contributed by atoms with van der Waals surface area (Å²) in [6, 6.07) is 7.88. The fourth-order valence-corrected chi connectivity index (χ4v) is 3.74. The fourth-order valence-electron chi connectivity index (χ4n) is 2.18. The lowest BCUT2D eigenvalue weighted by molar-refractivity contribution is 0.800. The largest absolute Gasteiger partial charge is 0.268 e. The van der Waals surface area contributed by atoms with E-state index in [1.807, 2.05) is 45.9 Å². The maximum atomic E-state index is 11.7. The lowest BCUT2D eigenvalue weighted by Gasteiger charge is -2.10. The summed E-state index contributed by atoms with van der Waals surface area (Å²) in [5.74, 6) is 0.149. The van der Waals surface area contributed by atoms with Crippen molar-refractivity contribution in [2.45, 2.75) is 46.5 Å². The van der Waals surface area contributed by atoms with Crippen LogP contribution in [0.1, 0.15) is 56.0 Å². The minimum atomic E-state index is -0.138. The molecule has 1 N–H and O–H groups in total. The van der Waals surface area contributed by atoms with E-state index in [9.17, 15) is 4.79 Å². The van der Waals surface area contributed by atoms with Crippen LogP contribution in [0.4, 0.5) is 0 Å². The Morgan fingerprint density at radius 2 is 1.79 bits per heavy atom. The van der Waals surface area contributed by atoms with Crippen LogP contribution in [-0.2, 0) is 12.8 Å². The Morgan fingerprint density at radius 1 is 1.21 bits per heavy atom. The first-order valence-corrected chi connectivity index (χ1v) is 9.43. The van der Waals surface area contributed by atoms with Crippen molar-refractivity contribution in [3.05, 3.63) is 59.9 Å². The Morgan fingerprint density at radius 3 is 2.29 bits per heavy atom. The van der Waals surface area contributed by atoms with Crippen LogP contribution in [0.3, 0.4) is 0 Å². The van der Waals surface area contributed by atoms with Crippen LogP contribution in [0, 0.1) is 11.3 Å². The Bertz CT molecular complexity index is 769. The lowest BCUT2D eigenvalue weighted by atomic mass is 10.0. The van der Waals surface area contributed by atoms with Gasteiger partial charge in [-0.25, -0.2) is 5.10 Å². The van der Waals surface area contributed by atoms with Crippen LogP contribution in [0.2, 0.25) is 0 Å². The highest BCUT2D eigenvalue weighted by atomic mass is 79.9. The number of nitrogens with zero attached hydrogens (tertiary/aromatic N) is 2. The molecule has 1 heterocycles. The van der Waals surface area contributed by atoms with Crippen molar-refractivity contribution >= 4 is 31.9 Å². The van der Waals surface area contributed by atoms with Crippen molar-refractivity contribution in [2.75, 3.05) is 0 Å². The van der Waals surface area contributed by atoms with E-state index in [1.165, 1.54) is 0 Å². The molecule has 0 saturated heterocycles. The van der Waals surface area contributed by atoms with E-state index in [2.05, 4.69) is 48.1 Å². The zero-order chi connectivity index (χ0) is 18.3. The highest BCUT2D eigenvalue weighted by Gasteiger charge is 2.12. The number of hydrogen-bond acceptors (Lipinski definition) is 3. The molecule has 6 heteroatoms. The average Bonchev–Trinajstić information content (AvgIpc) is 2.54. The number of benzene rings is 1. The predicted octanol–water partition coefficient (Wildman–Crippen LogP) is 5.10. The molecule has 0 unspecified atom stereocenters. The first-order chi connectivity index (χ1) is 11.4. The summed E-state index contributed by atoms with van der Waals surface area (Å²) in [4.78, 5) is 11.7. The average molecular weight is 455 g/mol. The molecule has 4 nitrogen and oxygen atoms in total. The van der Waals surface area contributed by atoms with E-state index in [4.69, 9.17) is 5.26 Å². The zero-order valence-electron chi connectivity index (χ0n) is 14.3. The molecule has 0 fully saturated rings. The van der Waals surface area contributed by atoms with E-state index in [1.54, 1.807) is 0 Å². The van der Waals surface area contributed by atoms with Crippen molar-refractivity contribution < 1.29 is 0 Å². The molecule has 2 rings (SSSR count). The Hall–Kier alpha value is -1.45. The first-order valence-electron chi connectivity index (χ1n) is 7.84. The molecule has 128 valence electrons. The summed E-state index contributed by atoms with van der Waals surface area (Å²) in [6.07, 6.45) is 0.955. The van der Waals surface area contributed by atoms with Gasteiger partial charge in [-0.15, -0.1) is 0 Å². The van der Waals surface area contributed by atoms with Crippen LogP contribution in [0.25, 0.3) is 0 Å². The molecule has 0 bridgehead atoms. The van der Waals surface area contributed by atoms with Gasteiger partial charge in [0.05, 0.1) is 18.2 Å². The standard InChI is InChI=1S/C16H15Br2N3O.C2H6/c1-9(2)12-7-11(20-21-16(12)22)8-13-14(17)5-10(3-4-19)6-15(13)18;1-2/h5-7,9H,3,8H2,1-2H3,(H,21,22);1-2H3. The number of aromatic amines is 1. The van der Waals surface area contributed by atoms with E-state index in [-0.39, 0.29) is 11.5 Å². The molecule has 1 aromatic carbocycles. The molecule has 1 aromatic heterocycles. The number of aromatic nitrogens is 2. The van der Waals surface area contributed by atoms with Crippen molar-refractivity contribution in [2.24, 2.45) is 0 Å². The van der Waals surface area contributed by atoms with Gasteiger partial charge in [-0.05, 0) is 35.2 Å². The Balaban J connectivity index is 0.00000139. The van der Waals surface area contributed by atoms with Gasteiger partial charge < -0.3 is 0 Å². The molecule has 0 atom stereocenters. The van der Waals surface area contributed by atoms with E-state index < -0.39 is 0 Å². The molecule has 0 spiro atoms. The molecule has 24 heavy (non-hydrogen) atoms. The van der Waals surface area contributed by atoms with Crippen molar-refractivity contribution in [3.63, 3.8) is 0 Å². The molecular formula is C18H21Br2N3O. The molecule has 0 radical (unpaired) electrons. The first kappa shape index (κ1) is 20.6. The highest BCUT2D eigenvalue weighted by molar-refractivity contribution is 9.11. The van der Waals surface area contributed by atoms with E-state index >= 15 is 0 Å². The number of nitriles is 1. The SMILES string of the molecule is CC.CC(C)c1cc(Cc2c(Br)cc(CC#N)cc2Br)n[nH]c1=O. The smallest absolute Gasteiger partial charge is 0.267 e. The second kappa shape index (κ2) is 9.75. The summed E-state index contributed by atoms with van der Waals surface area (Å²) in [5.41, 5.74) is 3.38. The molecular weight excluding hydrogens is 434 g/mol. The normalized spacial score (nSPS) is 10.1.